The van der Waals surface area contributed by atoms with E-state index in [0.717, 1.165) is 11.8 Å². The SMILES string of the molecule is CCOc1cc(C=O)cc(Cl)c1OCc1cccc(Cl)c1. The lowest BCUT2D eigenvalue weighted by Gasteiger charge is -2.14. The van der Waals surface area contributed by atoms with E-state index in [9.17, 15) is 4.79 Å². The Morgan fingerprint density at radius 3 is 2.62 bits per heavy atom. The molecule has 0 saturated carbocycles. The molecule has 0 unspecified atom stereocenters. The van der Waals surface area contributed by atoms with Crippen LogP contribution in [0.15, 0.2) is 36.4 Å². The van der Waals surface area contributed by atoms with Crippen LogP contribution in [0.4, 0.5) is 0 Å². The van der Waals surface area contributed by atoms with Gasteiger partial charge in [-0.15, -0.1) is 0 Å². The molecule has 21 heavy (non-hydrogen) atoms. The summed E-state index contributed by atoms with van der Waals surface area (Å²) < 4.78 is 11.2. The summed E-state index contributed by atoms with van der Waals surface area (Å²) in [5.74, 6) is 0.873. The molecule has 0 aliphatic carbocycles. The zero-order valence-corrected chi connectivity index (χ0v) is 12.9. The van der Waals surface area contributed by atoms with Gasteiger partial charge in [-0.25, -0.2) is 0 Å². The van der Waals surface area contributed by atoms with E-state index in [1.807, 2.05) is 25.1 Å². The molecule has 0 aromatic heterocycles. The topological polar surface area (TPSA) is 35.5 Å². The molecule has 0 aliphatic rings. The van der Waals surface area contributed by atoms with E-state index >= 15 is 0 Å². The van der Waals surface area contributed by atoms with Crippen LogP contribution in [0.1, 0.15) is 22.8 Å². The van der Waals surface area contributed by atoms with E-state index in [1.54, 1.807) is 18.2 Å². The Morgan fingerprint density at radius 1 is 1.14 bits per heavy atom. The summed E-state index contributed by atoms with van der Waals surface area (Å²) in [6, 6.07) is 10.5. The molecule has 0 bridgehead atoms. The van der Waals surface area contributed by atoms with Crippen LogP contribution in [0.3, 0.4) is 0 Å². The van der Waals surface area contributed by atoms with Crippen LogP contribution in [0.25, 0.3) is 0 Å². The van der Waals surface area contributed by atoms with Crippen molar-refractivity contribution in [3.05, 3.63) is 57.6 Å². The van der Waals surface area contributed by atoms with Crippen LogP contribution in [-0.4, -0.2) is 12.9 Å². The lowest BCUT2D eigenvalue weighted by molar-refractivity contribution is 0.112. The number of ether oxygens (including phenoxy) is 2. The number of benzene rings is 2. The van der Waals surface area contributed by atoms with Crippen LogP contribution in [-0.2, 0) is 6.61 Å². The van der Waals surface area contributed by atoms with E-state index in [-0.39, 0.29) is 0 Å². The largest absolute Gasteiger partial charge is 0.490 e. The van der Waals surface area contributed by atoms with Crippen LogP contribution in [0.5, 0.6) is 11.5 Å². The summed E-state index contributed by atoms with van der Waals surface area (Å²) in [6.45, 7) is 2.61. The van der Waals surface area contributed by atoms with Gasteiger partial charge < -0.3 is 9.47 Å². The zero-order valence-electron chi connectivity index (χ0n) is 11.4. The molecule has 0 amide bonds. The Kier molecular flexibility index (Phi) is 5.48. The van der Waals surface area contributed by atoms with Crippen LogP contribution in [0.2, 0.25) is 10.0 Å². The second-order valence-corrected chi connectivity index (χ2v) is 5.14. The highest BCUT2D eigenvalue weighted by atomic mass is 35.5. The van der Waals surface area contributed by atoms with Gasteiger partial charge in [0, 0.05) is 10.6 Å². The molecule has 0 heterocycles. The summed E-state index contributed by atoms with van der Waals surface area (Å²) >= 11 is 12.1. The zero-order chi connectivity index (χ0) is 15.2. The standard InChI is InChI=1S/C16H14Cl2O3/c1-2-20-15-8-12(9-19)7-14(18)16(15)21-10-11-4-3-5-13(17)6-11/h3-9H,2,10H2,1H3. The first-order valence-corrected chi connectivity index (χ1v) is 7.18. The summed E-state index contributed by atoms with van der Waals surface area (Å²) in [5.41, 5.74) is 1.36. The lowest BCUT2D eigenvalue weighted by Crippen LogP contribution is -2.01. The number of halogens is 2. The van der Waals surface area contributed by atoms with Crippen LogP contribution >= 0.6 is 23.2 Å². The van der Waals surface area contributed by atoms with Gasteiger partial charge >= 0.3 is 0 Å². The van der Waals surface area contributed by atoms with Crippen molar-refractivity contribution in [1.82, 2.24) is 0 Å². The highest BCUT2D eigenvalue weighted by Gasteiger charge is 2.12. The minimum absolute atomic E-state index is 0.306. The van der Waals surface area contributed by atoms with Crippen LogP contribution < -0.4 is 9.47 Å². The smallest absolute Gasteiger partial charge is 0.180 e. The minimum Gasteiger partial charge on any atom is -0.490 e. The predicted octanol–water partition coefficient (Wildman–Crippen LogP) is 4.78. The monoisotopic (exact) mass is 324 g/mol. The fourth-order valence-electron chi connectivity index (χ4n) is 1.84. The Bertz CT molecular complexity index is 641. The summed E-state index contributed by atoms with van der Waals surface area (Å²) in [5, 5.41) is 0.980. The minimum atomic E-state index is 0.306. The third kappa shape index (κ3) is 4.13. The molecule has 2 aromatic rings. The van der Waals surface area contributed by atoms with E-state index in [1.165, 1.54) is 0 Å². The third-order valence-electron chi connectivity index (χ3n) is 2.74. The van der Waals surface area contributed by atoms with Crippen molar-refractivity contribution in [2.24, 2.45) is 0 Å². The lowest BCUT2D eigenvalue weighted by atomic mass is 10.2. The van der Waals surface area contributed by atoms with E-state index < -0.39 is 0 Å². The van der Waals surface area contributed by atoms with E-state index in [4.69, 9.17) is 32.7 Å². The maximum atomic E-state index is 10.9. The van der Waals surface area contributed by atoms with Gasteiger partial charge in [0.2, 0.25) is 0 Å². The molecule has 0 fully saturated rings. The Balaban J connectivity index is 2.24. The first-order valence-electron chi connectivity index (χ1n) is 6.42. The number of aldehydes is 1. The number of hydrogen-bond donors (Lipinski definition) is 0. The van der Waals surface area contributed by atoms with Gasteiger partial charge in [0.1, 0.15) is 12.9 Å². The molecular formula is C16H14Cl2O3. The van der Waals surface area contributed by atoms with Crippen molar-refractivity contribution in [2.45, 2.75) is 13.5 Å². The summed E-state index contributed by atoms with van der Waals surface area (Å²) in [6.07, 6.45) is 0.717. The van der Waals surface area contributed by atoms with Gasteiger partial charge in [0.25, 0.3) is 0 Å². The first-order chi connectivity index (χ1) is 10.1. The van der Waals surface area contributed by atoms with Crippen LogP contribution in [0, 0.1) is 0 Å². The molecule has 0 radical (unpaired) electrons. The van der Waals surface area contributed by atoms with Crippen molar-refractivity contribution >= 4 is 29.5 Å². The van der Waals surface area contributed by atoms with E-state index in [0.29, 0.717) is 40.3 Å². The highest BCUT2D eigenvalue weighted by molar-refractivity contribution is 6.32. The predicted molar refractivity (Wildman–Crippen MR) is 83.8 cm³/mol. The molecule has 5 heteroatoms. The van der Waals surface area contributed by atoms with Gasteiger partial charge in [-0.3, -0.25) is 4.79 Å². The molecule has 0 atom stereocenters. The number of carbonyl (C=O) groups excluding carboxylic acids is 1. The third-order valence-corrected chi connectivity index (χ3v) is 3.26. The second-order valence-electron chi connectivity index (χ2n) is 4.30. The number of hydrogen-bond acceptors (Lipinski definition) is 3. The maximum absolute atomic E-state index is 10.9. The molecular weight excluding hydrogens is 311 g/mol. The molecule has 2 rings (SSSR count). The quantitative estimate of drug-likeness (QED) is 0.717. The fraction of sp³-hybridized carbons (Fsp3) is 0.188. The van der Waals surface area contributed by atoms with Crippen molar-refractivity contribution < 1.29 is 14.3 Å². The fourth-order valence-corrected chi connectivity index (χ4v) is 2.33. The Morgan fingerprint density at radius 2 is 1.95 bits per heavy atom. The summed E-state index contributed by atoms with van der Waals surface area (Å²) in [4.78, 5) is 10.9. The average molecular weight is 325 g/mol. The number of rotatable bonds is 6. The molecule has 0 spiro atoms. The molecule has 0 aliphatic heterocycles. The highest BCUT2D eigenvalue weighted by Crippen LogP contribution is 2.37. The molecule has 110 valence electrons. The first kappa shape index (κ1) is 15.7. The number of carbonyl (C=O) groups is 1. The van der Waals surface area contributed by atoms with Gasteiger partial charge in [-0.05, 0) is 36.8 Å². The second kappa shape index (κ2) is 7.34. The van der Waals surface area contributed by atoms with Crippen molar-refractivity contribution in [1.29, 1.82) is 0 Å². The maximum Gasteiger partial charge on any atom is 0.180 e. The van der Waals surface area contributed by atoms with Gasteiger partial charge in [0.15, 0.2) is 11.5 Å². The van der Waals surface area contributed by atoms with Crippen molar-refractivity contribution in [3.8, 4) is 11.5 Å². The summed E-state index contributed by atoms with van der Waals surface area (Å²) in [7, 11) is 0. The average Bonchev–Trinajstić information content (AvgIpc) is 2.46. The van der Waals surface area contributed by atoms with Gasteiger partial charge in [-0.2, -0.15) is 0 Å². The van der Waals surface area contributed by atoms with Gasteiger partial charge in [-0.1, -0.05) is 35.3 Å². The van der Waals surface area contributed by atoms with Gasteiger partial charge in [0.05, 0.1) is 11.6 Å². The molecule has 0 N–H and O–H groups in total. The molecule has 2 aromatic carbocycles. The Labute approximate surface area is 133 Å². The van der Waals surface area contributed by atoms with E-state index in [2.05, 4.69) is 0 Å². The molecule has 0 saturated heterocycles. The normalized spacial score (nSPS) is 10.2. The van der Waals surface area contributed by atoms with Crippen molar-refractivity contribution in [3.63, 3.8) is 0 Å². The Hall–Kier alpha value is -1.71. The molecule has 3 nitrogen and oxygen atoms in total. The van der Waals surface area contributed by atoms with Crippen molar-refractivity contribution in [2.75, 3.05) is 6.61 Å².